The van der Waals surface area contributed by atoms with Crippen LogP contribution < -0.4 is 5.32 Å². The van der Waals surface area contributed by atoms with Crippen molar-refractivity contribution in [3.05, 3.63) is 59.2 Å². The summed E-state index contributed by atoms with van der Waals surface area (Å²) in [5.41, 5.74) is 5.67. The van der Waals surface area contributed by atoms with Crippen LogP contribution in [0.1, 0.15) is 16.7 Å². The van der Waals surface area contributed by atoms with E-state index in [2.05, 4.69) is 23.5 Å². The molecular weight excluding hydrogens is 322 g/mol. The molecule has 0 aromatic heterocycles. The first-order chi connectivity index (χ1) is 12.1. The molecule has 0 heterocycles. The number of fused-ring (bicyclic) bond motifs is 3. The van der Waals surface area contributed by atoms with Crippen LogP contribution >= 0.6 is 0 Å². The Hall–Kier alpha value is -2.86. The van der Waals surface area contributed by atoms with Crippen molar-refractivity contribution in [1.82, 2.24) is 5.32 Å². The van der Waals surface area contributed by atoms with E-state index in [0.29, 0.717) is 0 Å². The maximum absolute atomic E-state index is 11.9. The van der Waals surface area contributed by atoms with Crippen LogP contribution in [-0.2, 0) is 27.3 Å². The summed E-state index contributed by atoms with van der Waals surface area (Å²) < 4.78 is 9.98. The zero-order valence-electron chi connectivity index (χ0n) is 13.8. The minimum absolute atomic E-state index is 0.0856. The van der Waals surface area contributed by atoms with Gasteiger partial charge in [0.2, 0.25) is 0 Å². The summed E-state index contributed by atoms with van der Waals surface area (Å²) in [6, 6.07) is 13.0. The molecule has 0 fully saturated rings. The van der Waals surface area contributed by atoms with E-state index in [1.165, 1.54) is 18.2 Å². The van der Waals surface area contributed by atoms with Crippen molar-refractivity contribution in [2.24, 2.45) is 0 Å². The number of rotatable bonds is 6. The highest BCUT2D eigenvalue weighted by atomic mass is 16.5. The molecule has 130 valence electrons. The number of nitrogens with one attached hydrogen (secondary N) is 1. The molecule has 1 atom stereocenters. The molecule has 0 bridgehead atoms. The number of carboxylic acid groups (broad SMARTS) is 1. The first-order valence-corrected chi connectivity index (χ1v) is 7.94. The quantitative estimate of drug-likeness (QED) is 0.720. The Morgan fingerprint density at radius 1 is 1.16 bits per heavy atom. The Kier molecular flexibility index (Phi) is 5.00. The Balaban J connectivity index is 1.67. The highest BCUT2D eigenvalue weighted by molar-refractivity contribution is 5.80. The SMILES string of the molecule is COC[C@H](NC(=O)OCc1cccc2c1Cc1ccccc1-2)C(=O)O. The normalized spacial score (nSPS) is 12.8. The number of hydrogen-bond donors (Lipinski definition) is 2. The molecule has 6 nitrogen and oxygen atoms in total. The van der Waals surface area contributed by atoms with Crippen LogP contribution in [0, 0.1) is 0 Å². The molecule has 0 spiro atoms. The number of alkyl carbamates (subject to hydrolysis) is 1. The number of amides is 1. The number of aliphatic carboxylic acids is 1. The Morgan fingerprint density at radius 3 is 2.68 bits per heavy atom. The molecule has 0 unspecified atom stereocenters. The first-order valence-electron chi connectivity index (χ1n) is 7.94. The number of benzene rings is 2. The lowest BCUT2D eigenvalue weighted by Crippen LogP contribution is -2.44. The first kappa shape index (κ1) is 17.0. The molecule has 1 amide bonds. The van der Waals surface area contributed by atoms with Gasteiger partial charge in [-0.25, -0.2) is 9.59 Å². The van der Waals surface area contributed by atoms with Crippen LogP contribution in [-0.4, -0.2) is 36.9 Å². The van der Waals surface area contributed by atoms with E-state index in [1.807, 2.05) is 24.3 Å². The summed E-state index contributed by atoms with van der Waals surface area (Å²) in [6.45, 7) is -0.0389. The fraction of sp³-hybridized carbons (Fsp3) is 0.263. The third kappa shape index (κ3) is 3.64. The van der Waals surface area contributed by atoms with E-state index in [1.54, 1.807) is 0 Å². The van der Waals surface area contributed by atoms with Gasteiger partial charge in [0.25, 0.3) is 0 Å². The lowest BCUT2D eigenvalue weighted by atomic mass is 10.0. The fourth-order valence-electron chi connectivity index (χ4n) is 3.03. The topological polar surface area (TPSA) is 84.9 Å². The molecule has 2 N–H and O–H groups in total. The van der Waals surface area contributed by atoms with Gasteiger partial charge in [-0.1, -0.05) is 42.5 Å². The molecule has 1 aliphatic rings. The van der Waals surface area contributed by atoms with Crippen LogP contribution in [0.15, 0.2) is 42.5 Å². The highest BCUT2D eigenvalue weighted by Gasteiger charge is 2.23. The predicted molar refractivity (Wildman–Crippen MR) is 91.3 cm³/mol. The number of hydrogen-bond acceptors (Lipinski definition) is 4. The maximum Gasteiger partial charge on any atom is 0.408 e. The summed E-state index contributed by atoms with van der Waals surface area (Å²) >= 11 is 0. The van der Waals surface area contributed by atoms with Crippen molar-refractivity contribution in [3.8, 4) is 11.1 Å². The van der Waals surface area contributed by atoms with Gasteiger partial charge in [0.05, 0.1) is 6.61 Å². The molecule has 2 aromatic rings. The van der Waals surface area contributed by atoms with Crippen molar-refractivity contribution < 1.29 is 24.2 Å². The maximum atomic E-state index is 11.9. The van der Waals surface area contributed by atoms with E-state index in [0.717, 1.165) is 23.1 Å². The lowest BCUT2D eigenvalue weighted by molar-refractivity contribution is -0.140. The second-order valence-electron chi connectivity index (χ2n) is 5.84. The Morgan fingerprint density at radius 2 is 1.92 bits per heavy atom. The molecule has 0 radical (unpaired) electrons. The molecule has 25 heavy (non-hydrogen) atoms. The van der Waals surface area contributed by atoms with Gasteiger partial charge in [-0.15, -0.1) is 0 Å². The standard InChI is InChI=1S/C19H19NO5/c1-24-11-17(18(21)22)20-19(23)25-10-13-6-4-8-15-14-7-3-2-5-12(14)9-16(13)15/h2-8,17H,9-11H2,1H3,(H,20,23)(H,21,22)/t17-/m0/s1. The summed E-state index contributed by atoms with van der Waals surface area (Å²) in [7, 11) is 1.37. The van der Waals surface area contributed by atoms with E-state index in [4.69, 9.17) is 14.6 Å². The Bertz CT molecular complexity index is 802. The van der Waals surface area contributed by atoms with Gasteiger partial charge < -0.3 is 19.9 Å². The monoisotopic (exact) mass is 341 g/mol. The van der Waals surface area contributed by atoms with Crippen molar-refractivity contribution >= 4 is 12.1 Å². The van der Waals surface area contributed by atoms with E-state index in [9.17, 15) is 9.59 Å². The minimum Gasteiger partial charge on any atom is -0.480 e. The van der Waals surface area contributed by atoms with Crippen LogP contribution in [0.25, 0.3) is 11.1 Å². The van der Waals surface area contributed by atoms with Crippen molar-refractivity contribution in [2.75, 3.05) is 13.7 Å². The van der Waals surface area contributed by atoms with Crippen molar-refractivity contribution in [3.63, 3.8) is 0 Å². The van der Waals surface area contributed by atoms with E-state index in [-0.39, 0.29) is 13.2 Å². The molecule has 0 saturated heterocycles. The summed E-state index contributed by atoms with van der Waals surface area (Å²) in [4.78, 5) is 22.9. The largest absolute Gasteiger partial charge is 0.480 e. The van der Waals surface area contributed by atoms with Crippen molar-refractivity contribution in [1.29, 1.82) is 0 Å². The van der Waals surface area contributed by atoms with Crippen LogP contribution in [0.3, 0.4) is 0 Å². The molecule has 2 aromatic carbocycles. The molecular formula is C19H19NO5. The molecule has 0 aliphatic heterocycles. The van der Waals surface area contributed by atoms with E-state index < -0.39 is 18.1 Å². The van der Waals surface area contributed by atoms with Gasteiger partial charge in [-0.3, -0.25) is 0 Å². The van der Waals surface area contributed by atoms with Crippen LogP contribution in [0.5, 0.6) is 0 Å². The van der Waals surface area contributed by atoms with Gasteiger partial charge in [0.1, 0.15) is 6.61 Å². The molecule has 1 aliphatic carbocycles. The lowest BCUT2D eigenvalue weighted by Gasteiger charge is -2.14. The third-order valence-electron chi connectivity index (χ3n) is 4.23. The third-order valence-corrected chi connectivity index (χ3v) is 4.23. The number of methoxy groups -OCH3 is 1. The average molecular weight is 341 g/mol. The summed E-state index contributed by atoms with van der Waals surface area (Å²) in [5, 5.41) is 11.3. The minimum atomic E-state index is -1.17. The van der Waals surface area contributed by atoms with Gasteiger partial charge in [-0.05, 0) is 34.2 Å². The average Bonchev–Trinajstić information content (AvgIpc) is 2.99. The van der Waals surface area contributed by atoms with Gasteiger partial charge in [0, 0.05) is 7.11 Å². The second-order valence-corrected chi connectivity index (χ2v) is 5.84. The van der Waals surface area contributed by atoms with Crippen LogP contribution in [0.4, 0.5) is 4.79 Å². The number of carbonyl (C=O) groups excluding carboxylic acids is 1. The molecule has 6 heteroatoms. The fourth-order valence-corrected chi connectivity index (χ4v) is 3.03. The number of carboxylic acids is 1. The smallest absolute Gasteiger partial charge is 0.408 e. The molecule has 0 saturated carbocycles. The van der Waals surface area contributed by atoms with Gasteiger partial charge in [-0.2, -0.15) is 0 Å². The number of ether oxygens (including phenoxy) is 2. The highest BCUT2D eigenvalue weighted by Crippen LogP contribution is 2.38. The zero-order chi connectivity index (χ0) is 17.8. The number of carbonyl (C=O) groups is 2. The zero-order valence-corrected chi connectivity index (χ0v) is 13.8. The predicted octanol–water partition coefficient (Wildman–Crippen LogP) is 2.58. The second kappa shape index (κ2) is 7.36. The van der Waals surface area contributed by atoms with Gasteiger partial charge in [0.15, 0.2) is 6.04 Å². The molecule has 3 rings (SSSR count). The van der Waals surface area contributed by atoms with Crippen LogP contribution in [0.2, 0.25) is 0 Å². The Labute approximate surface area is 145 Å². The summed E-state index contributed by atoms with van der Waals surface area (Å²) in [6.07, 6.45) is 0.0197. The summed E-state index contributed by atoms with van der Waals surface area (Å²) in [5.74, 6) is -1.17. The van der Waals surface area contributed by atoms with Crippen molar-refractivity contribution in [2.45, 2.75) is 19.1 Å². The van der Waals surface area contributed by atoms with Gasteiger partial charge >= 0.3 is 12.1 Å². The van der Waals surface area contributed by atoms with E-state index >= 15 is 0 Å².